The SMILES string of the molecule is COC(=O)c1ccc(NS(=O)(=O)c2ccc(F)cc2F)c(O)c1. The minimum atomic E-state index is -4.39. The summed E-state index contributed by atoms with van der Waals surface area (Å²) in [6.07, 6.45) is 0. The molecule has 0 amide bonds. The quantitative estimate of drug-likeness (QED) is 0.656. The molecule has 0 aliphatic carbocycles. The summed E-state index contributed by atoms with van der Waals surface area (Å²) in [6.45, 7) is 0. The van der Waals surface area contributed by atoms with E-state index in [0.29, 0.717) is 6.07 Å². The van der Waals surface area contributed by atoms with Crippen molar-refractivity contribution in [1.82, 2.24) is 0 Å². The summed E-state index contributed by atoms with van der Waals surface area (Å²) in [5, 5.41) is 9.77. The summed E-state index contributed by atoms with van der Waals surface area (Å²) in [4.78, 5) is 10.5. The van der Waals surface area contributed by atoms with E-state index < -0.39 is 38.3 Å². The van der Waals surface area contributed by atoms with E-state index in [1.54, 1.807) is 0 Å². The van der Waals surface area contributed by atoms with E-state index in [0.717, 1.165) is 31.4 Å². The largest absolute Gasteiger partial charge is 0.506 e. The van der Waals surface area contributed by atoms with Crippen LogP contribution in [0.3, 0.4) is 0 Å². The number of halogens is 2. The topological polar surface area (TPSA) is 92.7 Å². The molecule has 2 aromatic carbocycles. The van der Waals surface area contributed by atoms with E-state index in [1.165, 1.54) is 6.07 Å². The zero-order valence-electron chi connectivity index (χ0n) is 11.7. The zero-order valence-corrected chi connectivity index (χ0v) is 12.5. The van der Waals surface area contributed by atoms with Gasteiger partial charge >= 0.3 is 5.97 Å². The fourth-order valence-electron chi connectivity index (χ4n) is 1.76. The highest BCUT2D eigenvalue weighted by molar-refractivity contribution is 7.92. The van der Waals surface area contributed by atoms with Crippen LogP contribution in [0.15, 0.2) is 41.3 Å². The monoisotopic (exact) mass is 343 g/mol. The molecule has 0 bridgehead atoms. The van der Waals surface area contributed by atoms with Gasteiger partial charge in [-0.25, -0.2) is 22.0 Å². The highest BCUT2D eigenvalue weighted by Gasteiger charge is 2.21. The highest BCUT2D eigenvalue weighted by atomic mass is 32.2. The molecule has 6 nitrogen and oxygen atoms in total. The Labute approximate surface area is 130 Å². The third-order valence-electron chi connectivity index (χ3n) is 2.85. The maximum Gasteiger partial charge on any atom is 0.337 e. The second kappa shape index (κ2) is 6.21. The Bertz CT molecular complexity index is 867. The molecule has 0 heterocycles. The summed E-state index contributed by atoms with van der Waals surface area (Å²) in [6, 6.07) is 5.29. The molecule has 2 aromatic rings. The number of esters is 1. The second-order valence-corrected chi connectivity index (χ2v) is 6.05. The molecule has 0 aliphatic rings. The number of carbonyl (C=O) groups excluding carboxylic acids is 1. The number of phenols is 1. The number of carbonyl (C=O) groups is 1. The Hall–Kier alpha value is -2.68. The van der Waals surface area contributed by atoms with Crippen molar-refractivity contribution in [2.24, 2.45) is 0 Å². The molecule has 0 radical (unpaired) electrons. The van der Waals surface area contributed by atoms with Gasteiger partial charge in [0, 0.05) is 6.07 Å². The number of sulfonamides is 1. The number of rotatable bonds is 4. The molecule has 2 rings (SSSR count). The number of benzene rings is 2. The van der Waals surface area contributed by atoms with Crippen molar-refractivity contribution in [2.45, 2.75) is 4.90 Å². The Kier molecular flexibility index (Phi) is 4.50. The third-order valence-corrected chi connectivity index (χ3v) is 4.25. The van der Waals surface area contributed by atoms with Crippen LogP contribution in [0.4, 0.5) is 14.5 Å². The smallest absolute Gasteiger partial charge is 0.337 e. The molecule has 2 N–H and O–H groups in total. The average Bonchev–Trinajstić information content (AvgIpc) is 2.47. The van der Waals surface area contributed by atoms with Crippen LogP contribution in [-0.2, 0) is 14.8 Å². The molecule has 0 saturated carbocycles. The molecule has 0 spiro atoms. The van der Waals surface area contributed by atoms with Crippen LogP contribution < -0.4 is 4.72 Å². The number of anilines is 1. The van der Waals surface area contributed by atoms with E-state index in [2.05, 4.69) is 4.74 Å². The maximum atomic E-state index is 13.6. The molecule has 0 aromatic heterocycles. The molecule has 0 fully saturated rings. The Morgan fingerprint density at radius 1 is 1.17 bits per heavy atom. The summed E-state index contributed by atoms with van der Waals surface area (Å²) >= 11 is 0. The minimum Gasteiger partial charge on any atom is -0.506 e. The number of nitrogens with one attached hydrogen (secondary N) is 1. The highest BCUT2D eigenvalue weighted by Crippen LogP contribution is 2.28. The lowest BCUT2D eigenvalue weighted by atomic mass is 10.2. The first-order valence-corrected chi connectivity index (χ1v) is 7.62. The molecule has 0 unspecified atom stereocenters. The van der Waals surface area contributed by atoms with Gasteiger partial charge in [-0.2, -0.15) is 0 Å². The van der Waals surface area contributed by atoms with Crippen LogP contribution in [0.25, 0.3) is 0 Å². The van der Waals surface area contributed by atoms with Gasteiger partial charge in [0.05, 0.1) is 18.4 Å². The zero-order chi connectivity index (χ0) is 17.2. The summed E-state index contributed by atoms with van der Waals surface area (Å²) < 4.78 is 57.0. The second-order valence-electron chi connectivity index (χ2n) is 4.40. The standard InChI is InChI=1S/C14H11F2NO5S/c1-22-14(19)8-2-4-11(12(18)6-8)17-23(20,21)13-5-3-9(15)7-10(13)16/h2-7,17-18H,1H3. The lowest BCUT2D eigenvalue weighted by Crippen LogP contribution is -2.15. The van der Waals surface area contributed by atoms with Crippen LogP contribution in [0, 0.1) is 11.6 Å². The number of hydrogen-bond acceptors (Lipinski definition) is 5. The van der Waals surface area contributed by atoms with Crippen molar-refractivity contribution in [3.8, 4) is 5.75 Å². The van der Waals surface area contributed by atoms with Gasteiger partial charge in [0.25, 0.3) is 10.0 Å². The van der Waals surface area contributed by atoms with Crippen molar-refractivity contribution < 1.29 is 31.8 Å². The van der Waals surface area contributed by atoms with Crippen LogP contribution in [-0.4, -0.2) is 26.6 Å². The van der Waals surface area contributed by atoms with Crippen LogP contribution in [0.5, 0.6) is 5.75 Å². The van der Waals surface area contributed by atoms with Crippen LogP contribution in [0.2, 0.25) is 0 Å². The molecule has 0 atom stereocenters. The van der Waals surface area contributed by atoms with Gasteiger partial charge in [0.15, 0.2) is 0 Å². The number of phenolic OH excluding ortho intramolecular Hbond substituents is 1. The first-order chi connectivity index (χ1) is 10.7. The van der Waals surface area contributed by atoms with E-state index in [-0.39, 0.29) is 11.3 Å². The van der Waals surface area contributed by atoms with Gasteiger partial charge in [-0.1, -0.05) is 0 Å². The predicted octanol–water partition coefficient (Wildman–Crippen LogP) is 2.26. The van der Waals surface area contributed by atoms with Gasteiger partial charge in [0.1, 0.15) is 22.3 Å². The van der Waals surface area contributed by atoms with Gasteiger partial charge in [-0.15, -0.1) is 0 Å². The number of ether oxygens (including phenoxy) is 1. The molecule has 0 saturated heterocycles. The first-order valence-electron chi connectivity index (χ1n) is 6.14. The van der Waals surface area contributed by atoms with Crippen molar-refractivity contribution in [1.29, 1.82) is 0 Å². The molecule has 9 heteroatoms. The van der Waals surface area contributed by atoms with Gasteiger partial charge in [-0.05, 0) is 30.3 Å². The van der Waals surface area contributed by atoms with Gasteiger partial charge in [0.2, 0.25) is 0 Å². The fraction of sp³-hybridized carbons (Fsp3) is 0.0714. The summed E-state index contributed by atoms with van der Waals surface area (Å²) in [5.41, 5.74) is -0.276. The van der Waals surface area contributed by atoms with Crippen LogP contribution in [0.1, 0.15) is 10.4 Å². The Morgan fingerprint density at radius 2 is 1.87 bits per heavy atom. The lowest BCUT2D eigenvalue weighted by Gasteiger charge is -2.11. The van der Waals surface area contributed by atoms with E-state index in [9.17, 15) is 27.1 Å². The van der Waals surface area contributed by atoms with Crippen molar-refractivity contribution in [3.63, 3.8) is 0 Å². The van der Waals surface area contributed by atoms with Gasteiger partial charge < -0.3 is 9.84 Å². The molecule has 23 heavy (non-hydrogen) atoms. The number of hydrogen-bond donors (Lipinski definition) is 2. The lowest BCUT2D eigenvalue weighted by molar-refractivity contribution is 0.0600. The Balaban J connectivity index is 2.36. The summed E-state index contributed by atoms with van der Waals surface area (Å²) in [7, 11) is -3.24. The Morgan fingerprint density at radius 3 is 2.43 bits per heavy atom. The number of methoxy groups -OCH3 is 1. The molecular formula is C14H11F2NO5S. The van der Waals surface area contributed by atoms with Crippen LogP contribution >= 0.6 is 0 Å². The molecular weight excluding hydrogens is 332 g/mol. The van der Waals surface area contributed by atoms with Crippen molar-refractivity contribution >= 4 is 21.7 Å². The molecule has 0 aliphatic heterocycles. The third kappa shape index (κ3) is 3.57. The minimum absolute atomic E-state index is 0.000843. The van der Waals surface area contributed by atoms with Crippen molar-refractivity contribution in [2.75, 3.05) is 11.8 Å². The first kappa shape index (κ1) is 16.7. The summed E-state index contributed by atoms with van der Waals surface area (Å²) in [5.74, 6) is -3.48. The fourth-order valence-corrected chi connectivity index (χ4v) is 2.89. The normalized spacial score (nSPS) is 11.1. The number of aromatic hydroxyl groups is 1. The van der Waals surface area contributed by atoms with Crippen molar-refractivity contribution in [3.05, 3.63) is 53.6 Å². The average molecular weight is 343 g/mol. The predicted molar refractivity (Wildman–Crippen MR) is 76.6 cm³/mol. The van der Waals surface area contributed by atoms with Gasteiger partial charge in [-0.3, -0.25) is 4.72 Å². The van der Waals surface area contributed by atoms with E-state index in [4.69, 9.17) is 0 Å². The maximum absolute atomic E-state index is 13.6. The molecule has 122 valence electrons. The van der Waals surface area contributed by atoms with E-state index >= 15 is 0 Å². The van der Waals surface area contributed by atoms with E-state index in [1.807, 2.05) is 4.72 Å².